The van der Waals surface area contributed by atoms with Crippen molar-refractivity contribution in [1.29, 1.82) is 0 Å². The molecule has 5 heteroatoms. The van der Waals surface area contributed by atoms with Crippen molar-refractivity contribution in [2.24, 2.45) is 0 Å². The number of carbonyl (C=O) groups is 1. The zero-order chi connectivity index (χ0) is 13.6. The number of hydrogen-bond donors (Lipinski definition) is 0. The Morgan fingerprint density at radius 1 is 1.33 bits per heavy atom. The molecule has 0 atom stereocenters. The van der Waals surface area contributed by atoms with Gasteiger partial charge in [0.1, 0.15) is 5.60 Å². The summed E-state index contributed by atoms with van der Waals surface area (Å²) in [5, 5.41) is 0. The molecule has 1 amide bonds. The Bertz CT molecular complexity index is 257. The predicted octanol–water partition coefficient (Wildman–Crippen LogP) is 1.58. The van der Waals surface area contributed by atoms with Gasteiger partial charge in [-0.05, 0) is 40.0 Å². The lowest BCUT2D eigenvalue weighted by molar-refractivity contribution is -0.0110. The Morgan fingerprint density at radius 3 is 2.44 bits per heavy atom. The van der Waals surface area contributed by atoms with Crippen LogP contribution in [0.3, 0.4) is 0 Å². The monoisotopic (exact) mass is 273 g/mol. The minimum Gasteiger partial charge on any atom is -0.444 e. The molecule has 0 N–H and O–H groups in total. The van der Waals surface area contributed by atoms with Crippen LogP contribution in [0.5, 0.6) is 0 Å². The van der Waals surface area contributed by atoms with Crippen molar-refractivity contribution in [1.82, 2.24) is 4.90 Å². The van der Waals surface area contributed by atoms with Gasteiger partial charge < -0.3 is 14.4 Å². The van der Waals surface area contributed by atoms with E-state index in [0.717, 1.165) is 32.5 Å². The van der Waals surface area contributed by atoms with Crippen LogP contribution in [0.25, 0.3) is 0 Å². The summed E-state index contributed by atoms with van der Waals surface area (Å²) in [4.78, 5) is 13.6. The van der Waals surface area contributed by atoms with Crippen molar-refractivity contribution < 1.29 is 14.3 Å². The molecule has 0 aromatic rings. The van der Waals surface area contributed by atoms with Crippen molar-refractivity contribution >= 4 is 16.3 Å². The molecule has 1 aliphatic rings. The zero-order valence-corrected chi connectivity index (χ0v) is 14.2. The van der Waals surface area contributed by atoms with Gasteiger partial charge in [0.2, 0.25) is 0 Å². The average molecular weight is 273 g/mol. The van der Waals surface area contributed by atoms with Gasteiger partial charge in [0.15, 0.2) is 0 Å². The summed E-state index contributed by atoms with van der Waals surface area (Å²) in [5.74, 6) is 0. The number of ether oxygens (including phenoxy) is 2. The lowest BCUT2D eigenvalue weighted by atomic mass is 10.1. The average Bonchev–Trinajstić information content (AvgIpc) is 2.28. The fourth-order valence-corrected chi connectivity index (χ4v) is 2.21. The van der Waals surface area contributed by atoms with Gasteiger partial charge in [-0.3, -0.25) is 0 Å². The summed E-state index contributed by atoms with van der Waals surface area (Å²) >= 11 is 0. The number of piperidine rings is 1. The van der Waals surface area contributed by atoms with Crippen molar-refractivity contribution in [3.05, 3.63) is 0 Å². The van der Waals surface area contributed by atoms with E-state index in [4.69, 9.17) is 9.47 Å². The summed E-state index contributed by atoms with van der Waals surface area (Å²) in [5.41, 5.74) is -0.407. The molecule has 1 heterocycles. The van der Waals surface area contributed by atoms with Gasteiger partial charge in [0, 0.05) is 29.9 Å². The standard InChI is InChI=1S/C13H27NO3Si/c1-13(2,3)17-12(15)14-7-5-11(6-8-14)16-9-4-10-18/h11H,4-10H2,1-3,18H3. The highest BCUT2D eigenvalue weighted by atomic mass is 28.1. The summed E-state index contributed by atoms with van der Waals surface area (Å²) in [6.45, 7) is 8.07. The molecule has 1 saturated heterocycles. The van der Waals surface area contributed by atoms with Gasteiger partial charge in [-0.15, -0.1) is 0 Å². The molecule has 0 aliphatic carbocycles. The smallest absolute Gasteiger partial charge is 0.410 e. The Hall–Kier alpha value is -0.553. The highest BCUT2D eigenvalue weighted by Gasteiger charge is 2.26. The van der Waals surface area contributed by atoms with Gasteiger partial charge in [-0.1, -0.05) is 6.04 Å². The lowest BCUT2D eigenvalue weighted by Crippen LogP contribution is -2.43. The summed E-state index contributed by atoms with van der Waals surface area (Å²) in [7, 11) is 1.26. The fraction of sp³-hybridized carbons (Fsp3) is 0.923. The van der Waals surface area contributed by atoms with E-state index in [-0.39, 0.29) is 6.09 Å². The highest BCUT2D eigenvalue weighted by molar-refractivity contribution is 6.08. The minimum absolute atomic E-state index is 0.194. The molecular weight excluding hydrogens is 246 g/mol. The molecular formula is C13H27NO3Si. The first-order valence-electron chi connectivity index (χ1n) is 7.02. The molecule has 0 radical (unpaired) electrons. The molecule has 0 bridgehead atoms. The van der Waals surface area contributed by atoms with Gasteiger partial charge in [0.25, 0.3) is 0 Å². The summed E-state index contributed by atoms with van der Waals surface area (Å²) in [6.07, 6.45) is 3.18. The topological polar surface area (TPSA) is 38.8 Å². The van der Waals surface area contributed by atoms with Crippen molar-refractivity contribution in [2.75, 3.05) is 19.7 Å². The fourth-order valence-electron chi connectivity index (χ4n) is 1.93. The van der Waals surface area contributed by atoms with Crippen molar-refractivity contribution in [2.45, 2.75) is 57.8 Å². The van der Waals surface area contributed by atoms with E-state index in [0.29, 0.717) is 6.10 Å². The van der Waals surface area contributed by atoms with Crippen LogP contribution in [0, 0.1) is 0 Å². The van der Waals surface area contributed by atoms with Crippen LogP contribution in [0.15, 0.2) is 0 Å². The molecule has 0 aromatic heterocycles. The third-order valence-electron chi connectivity index (χ3n) is 2.95. The molecule has 0 saturated carbocycles. The van der Waals surface area contributed by atoms with Crippen LogP contribution >= 0.6 is 0 Å². The Balaban J connectivity index is 2.24. The van der Waals surface area contributed by atoms with Crippen LogP contribution in [0.4, 0.5) is 4.79 Å². The van der Waals surface area contributed by atoms with Crippen LogP contribution < -0.4 is 0 Å². The second kappa shape index (κ2) is 7.14. The Morgan fingerprint density at radius 2 is 1.94 bits per heavy atom. The maximum absolute atomic E-state index is 11.8. The van der Waals surface area contributed by atoms with E-state index >= 15 is 0 Å². The van der Waals surface area contributed by atoms with E-state index in [1.54, 1.807) is 4.90 Å². The van der Waals surface area contributed by atoms with Crippen LogP contribution in [-0.2, 0) is 9.47 Å². The SMILES string of the molecule is CC(C)(C)OC(=O)N1CCC(OCCC[SiH3])CC1. The second-order valence-corrected chi connectivity index (χ2v) is 6.89. The van der Waals surface area contributed by atoms with Gasteiger partial charge in [-0.2, -0.15) is 0 Å². The van der Waals surface area contributed by atoms with Crippen molar-refractivity contribution in [3.63, 3.8) is 0 Å². The quantitative estimate of drug-likeness (QED) is 0.576. The molecule has 0 unspecified atom stereocenters. The second-order valence-electron chi connectivity index (χ2n) is 5.89. The number of nitrogens with zero attached hydrogens (tertiary/aromatic N) is 1. The largest absolute Gasteiger partial charge is 0.444 e. The number of carbonyl (C=O) groups excluding carboxylic acids is 1. The molecule has 0 aromatic carbocycles. The van der Waals surface area contributed by atoms with Crippen molar-refractivity contribution in [3.8, 4) is 0 Å². The first kappa shape index (κ1) is 15.5. The lowest BCUT2D eigenvalue weighted by Gasteiger charge is -2.33. The summed E-state index contributed by atoms with van der Waals surface area (Å²) in [6, 6.07) is 1.30. The highest BCUT2D eigenvalue weighted by Crippen LogP contribution is 2.17. The summed E-state index contributed by atoms with van der Waals surface area (Å²) < 4.78 is 11.2. The first-order chi connectivity index (χ1) is 8.42. The molecule has 1 fully saturated rings. The zero-order valence-electron chi connectivity index (χ0n) is 12.2. The maximum atomic E-state index is 11.8. The van der Waals surface area contributed by atoms with E-state index < -0.39 is 5.60 Å². The number of rotatable bonds is 4. The molecule has 1 aliphatic heterocycles. The van der Waals surface area contributed by atoms with E-state index in [1.807, 2.05) is 20.8 Å². The Kier molecular flexibility index (Phi) is 6.15. The van der Waals surface area contributed by atoms with Crippen LogP contribution in [0.1, 0.15) is 40.0 Å². The minimum atomic E-state index is -0.407. The predicted molar refractivity (Wildman–Crippen MR) is 76.1 cm³/mol. The van der Waals surface area contributed by atoms with Gasteiger partial charge in [0.05, 0.1) is 6.10 Å². The third-order valence-corrected chi connectivity index (χ3v) is 3.65. The molecule has 18 heavy (non-hydrogen) atoms. The normalized spacial score (nSPS) is 18.1. The number of hydrogen-bond acceptors (Lipinski definition) is 3. The van der Waals surface area contributed by atoms with Crippen LogP contribution in [0.2, 0.25) is 6.04 Å². The first-order valence-corrected chi connectivity index (χ1v) is 8.43. The number of likely N-dealkylation sites (tertiary alicyclic amines) is 1. The van der Waals surface area contributed by atoms with E-state index in [9.17, 15) is 4.79 Å². The van der Waals surface area contributed by atoms with Gasteiger partial charge in [-0.25, -0.2) is 4.79 Å². The molecule has 4 nitrogen and oxygen atoms in total. The van der Waals surface area contributed by atoms with E-state index in [1.165, 1.54) is 22.7 Å². The maximum Gasteiger partial charge on any atom is 0.410 e. The molecule has 1 rings (SSSR count). The number of amides is 1. The molecule has 106 valence electrons. The van der Waals surface area contributed by atoms with Crippen LogP contribution in [-0.4, -0.2) is 52.6 Å². The van der Waals surface area contributed by atoms with Gasteiger partial charge >= 0.3 is 6.09 Å². The Labute approximate surface area is 113 Å². The van der Waals surface area contributed by atoms with E-state index in [2.05, 4.69) is 0 Å². The molecule has 0 spiro atoms. The third kappa shape index (κ3) is 5.86.